The second-order valence-electron chi connectivity index (χ2n) is 20.9. The molecule has 0 N–H and O–H groups in total. The summed E-state index contributed by atoms with van der Waals surface area (Å²) in [6.07, 6.45) is 10.7. The fraction of sp³-hybridized carbons (Fsp3) is 0.226. The van der Waals surface area contributed by atoms with E-state index < -0.39 is 0 Å². The lowest BCUT2D eigenvalue weighted by molar-refractivity contribution is 0.400. The lowest BCUT2D eigenvalue weighted by Gasteiger charge is -2.45. The van der Waals surface area contributed by atoms with Crippen LogP contribution in [0.4, 0.5) is 34.1 Å². The van der Waals surface area contributed by atoms with Gasteiger partial charge < -0.3 is 9.80 Å². The quantitative estimate of drug-likeness (QED) is 0.164. The van der Waals surface area contributed by atoms with Crippen LogP contribution in [0.25, 0.3) is 33.4 Å². The van der Waals surface area contributed by atoms with Crippen LogP contribution in [-0.2, 0) is 10.8 Å². The maximum Gasteiger partial charge on any atom is 0.252 e. The highest BCUT2D eigenvalue weighted by molar-refractivity contribution is 7.00. The maximum atomic E-state index is 2.72. The van der Waals surface area contributed by atoms with Gasteiger partial charge in [-0.2, -0.15) is 0 Å². The molecule has 4 bridgehead atoms. The molecular weight excluding hydrogens is 784 g/mol. The fourth-order valence-electron chi connectivity index (χ4n) is 16.7. The minimum Gasteiger partial charge on any atom is -0.311 e. The van der Waals surface area contributed by atoms with E-state index in [0.29, 0.717) is 23.7 Å². The molecule has 8 aromatic rings. The van der Waals surface area contributed by atoms with Gasteiger partial charge in [0.2, 0.25) is 0 Å². The number of anilines is 6. The molecule has 310 valence electrons. The standard InChI is InChI=1S/C62H49BN2/c1-3-13-38(14-4-1)45-33-34-57-59-60(45)65(43-15-5-2-6-16-43)58-37-53-49(47-18-8-10-20-51(47)62(53)41-27-28-42(62)30-29-41)36-55(58)63(59)54-21-11-12-22-56(54)64(57)44-31-32-48-46-17-7-9-19-50(46)61(52(48)35-44)39-23-24-40(61)26-25-39/h1-22,31-37,39-42H,23-30H2. The van der Waals surface area contributed by atoms with Gasteiger partial charge in [-0.3, -0.25) is 0 Å². The van der Waals surface area contributed by atoms with Gasteiger partial charge in [0.05, 0.1) is 5.69 Å². The third-order valence-corrected chi connectivity index (χ3v) is 18.8. The van der Waals surface area contributed by atoms with E-state index in [1.165, 1.54) is 135 Å². The van der Waals surface area contributed by atoms with Gasteiger partial charge in [-0.1, -0.05) is 133 Å². The summed E-state index contributed by atoms with van der Waals surface area (Å²) in [5.74, 6) is 2.82. The smallest absolute Gasteiger partial charge is 0.252 e. The zero-order valence-corrected chi connectivity index (χ0v) is 36.7. The molecule has 16 rings (SSSR count). The first kappa shape index (κ1) is 35.7. The normalized spacial score (nSPS) is 26.0. The van der Waals surface area contributed by atoms with E-state index in [2.05, 4.69) is 186 Å². The highest BCUT2D eigenvalue weighted by atomic mass is 15.2. The number of nitrogens with zero attached hydrogens (tertiary/aromatic N) is 2. The topological polar surface area (TPSA) is 6.48 Å². The predicted molar refractivity (Wildman–Crippen MR) is 269 cm³/mol. The molecule has 6 aliphatic carbocycles. The molecule has 0 saturated heterocycles. The molecule has 0 radical (unpaired) electrons. The van der Waals surface area contributed by atoms with E-state index in [4.69, 9.17) is 0 Å². The summed E-state index contributed by atoms with van der Waals surface area (Å²) in [4.78, 5) is 5.35. The number of fused-ring (bicyclic) bond motifs is 10. The Balaban J connectivity index is 0.995. The molecule has 2 aliphatic heterocycles. The van der Waals surface area contributed by atoms with Crippen molar-refractivity contribution in [2.45, 2.75) is 62.2 Å². The van der Waals surface area contributed by atoms with Crippen LogP contribution in [0.15, 0.2) is 176 Å². The number of hydrogen-bond acceptors (Lipinski definition) is 2. The first-order valence-corrected chi connectivity index (χ1v) is 24.7. The largest absolute Gasteiger partial charge is 0.311 e. The first-order valence-electron chi connectivity index (χ1n) is 24.7. The molecule has 3 heteroatoms. The van der Waals surface area contributed by atoms with Crippen LogP contribution in [0.5, 0.6) is 0 Å². The van der Waals surface area contributed by atoms with E-state index in [1.54, 1.807) is 22.3 Å². The second-order valence-corrected chi connectivity index (χ2v) is 20.9. The molecule has 2 spiro atoms. The third-order valence-electron chi connectivity index (χ3n) is 18.8. The summed E-state index contributed by atoms with van der Waals surface area (Å²) < 4.78 is 0. The van der Waals surface area contributed by atoms with Gasteiger partial charge in [-0.15, -0.1) is 0 Å². The predicted octanol–water partition coefficient (Wildman–Crippen LogP) is 13.6. The van der Waals surface area contributed by atoms with Crippen LogP contribution in [0, 0.1) is 23.7 Å². The van der Waals surface area contributed by atoms with Gasteiger partial charge in [0, 0.05) is 44.8 Å². The molecule has 65 heavy (non-hydrogen) atoms. The van der Waals surface area contributed by atoms with Crippen LogP contribution < -0.4 is 26.2 Å². The van der Waals surface area contributed by atoms with Gasteiger partial charge in [-0.05, 0) is 184 Å². The monoisotopic (exact) mass is 832 g/mol. The lowest BCUT2D eigenvalue weighted by Crippen LogP contribution is -2.61. The van der Waals surface area contributed by atoms with Gasteiger partial charge in [-0.25, -0.2) is 0 Å². The highest BCUT2D eigenvalue weighted by Crippen LogP contribution is 2.70. The lowest BCUT2D eigenvalue weighted by atomic mass is 9.33. The first-order chi connectivity index (χ1) is 32.2. The van der Waals surface area contributed by atoms with Crippen molar-refractivity contribution in [2.24, 2.45) is 23.7 Å². The van der Waals surface area contributed by atoms with E-state index in [1.807, 2.05) is 0 Å². The van der Waals surface area contributed by atoms with Gasteiger partial charge >= 0.3 is 0 Å². The number of para-hydroxylation sites is 2. The fourth-order valence-corrected chi connectivity index (χ4v) is 16.7. The number of benzene rings is 8. The van der Waals surface area contributed by atoms with Crippen molar-refractivity contribution in [3.05, 3.63) is 198 Å². The summed E-state index contributed by atoms with van der Waals surface area (Å²) in [5.41, 5.74) is 26.9. The van der Waals surface area contributed by atoms with Crippen molar-refractivity contribution in [1.82, 2.24) is 0 Å². The molecule has 8 aliphatic rings. The molecular formula is C62H49BN2. The molecule has 8 aromatic carbocycles. The number of rotatable bonds is 3. The highest BCUT2D eigenvalue weighted by Gasteiger charge is 2.62. The molecule has 0 aromatic heterocycles. The Bertz CT molecular complexity index is 3310. The van der Waals surface area contributed by atoms with Crippen LogP contribution in [0.2, 0.25) is 0 Å². The summed E-state index contributed by atoms with van der Waals surface area (Å²) in [6, 6.07) is 68.9. The Kier molecular flexibility index (Phi) is 6.93. The SMILES string of the molecule is c1ccc(-c2ccc3c4c2N(c2ccccc2)c2cc5c(cc2B4c2ccccc2N3c2ccc3c(c2)C2(c4ccccc4-3)C3CCC2CC3)-c2ccccc2C52C3CCC2CC3)cc1. The van der Waals surface area contributed by atoms with Crippen molar-refractivity contribution in [1.29, 1.82) is 0 Å². The molecule has 0 amide bonds. The molecule has 2 nitrogen and oxygen atoms in total. The van der Waals surface area contributed by atoms with E-state index >= 15 is 0 Å². The van der Waals surface area contributed by atoms with Crippen molar-refractivity contribution in [3.63, 3.8) is 0 Å². The van der Waals surface area contributed by atoms with Crippen LogP contribution in [0.3, 0.4) is 0 Å². The second kappa shape index (κ2) is 12.6. The van der Waals surface area contributed by atoms with Crippen LogP contribution in [0.1, 0.15) is 73.6 Å². The van der Waals surface area contributed by atoms with Crippen molar-refractivity contribution < 1.29 is 0 Å². The Morgan fingerprint density at radius 3 is 1.57 bits per heavy atom. The van der Waals surface area contributed by atoms with E-state index in [0.717, 1.165) is 0 Å². The van der Waals surface area contributed by atoms with Crippen molar-refractivity contribution in [3.8, 4) is 33.4 Å². The van der Waals surface area contributed by atoms with E-state index in [9.17, 15) is 0 Å². The molecule has 4 fully saturated rings. The minimum absolute atomic E-state index is 0.0519. The molecule has 0 atom stereocenters. The molecule has 4 saturated carbocycles. The minimum atomic E-state index is 0.0519. The number of hydrogen-bond donors (Lipinski definition) is 0. The zero-order valence-electron chi connectivity index (χ0n) is 36.7. The van der Waals surface area contributed by atoms with E-state index in [-0.39, 0.29) is 17.5 Å². The van der Waals surface area contributed by atoms with Crippen molar-refractivity contribution in [2.75, 3.05) is 9.80 Å². The van der Waals surface area contributed by atoms with Gasteiger partial charge in [0.25, 0.3) is 6.71 Å². The summed E-state index contributed by atoms with van der Waals surface area (Å²) in [5, 5.41) is 0. The average molecular weight is 833 g/mol. The average Bonchev–Trinajstić information content (AvgIpc) is 4.23. The third kappa shape index (κ3) is 4.22. The Morgan fingerprint density at radius 1 is 0.354 bits per heavy atom. The van der Waals surface area contributed by atoms with Crippen LogP contribution in [-0.4, -0.2) is 6.71 Å². The van der Waals surface area contributed by atoms with Gasteiger partial charge in [0.15, 0.2) is 0 Å². The molecule has 2 heterocycles. The van der Waals surface area contributed by atoms with Gasteiger partial charge in [0.1, 0.15) is 0 Å². The zero-order chi connectivity index (χ0) is 42.2. The summed E-state index contributed by atoms with van der Waals surface area (Å²) in [7, 11) is 0. The summed E-state index contributed by atoms with van der Waals surface area (Å²) >= 11 is 0. The maximum absolute atomic E-state index is 2.72. The summed E-state index contributed by atoms with van der Waals surface area (Å²) in [6.45, 7) is 0.0519. The Labute approximate surface area is 382 Å². The Morgan fingerprint density at radius 2 is 0.892 bits per heavy atom. The molecule has 0 unspecified atom stereocenters. The van der Waals surface area contributed by atoms with Crippen LogP contribution >= 0.6 is 0 Å². The van der Waals surface area contributed by atoms with Crippen molar-refractivity contribution >= 4 is 57.2 Å². The Hall–Kier alpha value is -6.58.